The molecule has 1 aromatic carbocycles. The molecule has 0 aliphatic rings. The lowest BCUT2D eigenvalue weighted by atomic mass is 10.1. The molecule has 0 aliphatic carbocycles. The van der Waals surface area contributed by atoms with Gasteiger partial charge in [0, 0.05) is 29.3 Å². The van der Waals surface area contributed by atoms with Gasteiger partial charge in [-0.2, -0.15) is 0 Å². The first kappa shape index (κ1) is 18.5. The lowest BCUT2D eigenvalue weighted by Gasteiger charge is -2.26. The minimum atomic E-state index is 0.387. The van der Waals surface area contributed by atoms with E-state index in [0.29, 0.717) is 6.04 Å². The highest BCUT2D eigenvalue weighted by atomic mass is 79.9. The highest BCUT2D eigenvalue weighted by molar-refractivity contribution is 9.10. The fourth-order valence-electron chi connectivity index (χ4n) is 2.55. The van der Waals surface area contributed by atoms with E-state index in [1.54, 1.807) is 0 Å². The Kier molecular flexibility index (Phi) is 9.02. The van der Waals surface area contributed by atoms with Crippen LogP contribution in [-0.2, 0) is 0 Å². The molecule has 0 aliphatic heterocycles. The van der Waals surface area contributed by atoms with Crippen LogP contribution in [0.2, 0.25) is 0 Å². The predicted octanol–water partition coefficient (Wildman–Crippen LogP) is 5.53. The monoisotopic (exact) mass is 354 g/mol. The minimum absolute atomic E-state index is 0.387. The zero-order valence-corrected chi connectivity index (χ0v) is 15.7. The number of rotatable bonds is 10. The van der Waals surface area contributed by atoms with Crippen molar-refractivity contribution in [3.05, 3.63) is 28.2 Å². The second-order valence-corrected chi connectivity index (χ2v) is 6.53. The van der Waals surface area contributed by atoms with Gasteiger partial charge < -0.3 is 10.2 Å². The molecular formula is C18H31BrN2. The molecule has 120 valence electrons. The fraction of sp³-hybridized carbons (Fsp3) is 0.667. The van der Waals surface area contributed by atoms with E-state index in [2.05, 4.69) is 72.0 Å². The summed E-state index contributed by atoms with van der Waals surface area (Å²) in [5.74, 6) is 0. The first-order valence-corrected chi connectivity index (χ1v) is 9.21. The van der Waals surface area contributed by atoms with Crippen molar-refractivity contribution in [3.63, 3.8) is 0 Å². The van der Waals surface area contributed by atoms with Gasteiger partial charge in [0.1, 0.15) is 0 Å². The van der Waals surface area contributed by atoms with Crippen molar-refractivity contribution in [1.29, 1.82) is 0 Å². The average Bonchev–Trinajstić information content (AvgIpc) is 2.47. The maximum Gasteiger partial charge on any atom is 0.0377 e. The molecule has 0 saturated heterocycles. The summed E-state index contributed by atoms with van der Waals surface area (Å²) in [7, 11) is 0. The third-order valence-corrected chi connectivity index (χ3v) is 4.58. The van der Waals surface area contributed by atoms with Crippen LogP contribution in [0.25, 0.3) is 0 Å². The molecule has 0 bridgehead atoms. The van der Waals surface area contributed by atoms with Crippen LogP contribution in [0.15, 0.2) is 22.7 Å². The van der Waals surface area contributed by atoms with E-state index in [-0.39, 0.29) is 0 Å². The van der Waals surface area contributed by atoms with E-state index in [1.807, 2.05) is 0 Å². The number of benzene rings is 1. The Bertz CT molecular complexity index is 398. The molecule has 0 amide bonds. The molecule has 2 nitrogen and oxygen atoms in total. The van der Waals surface area contributed by atoms with E-state index in [1.165, 1.54) is 41.4 Å². The van der Waals surface area contributed by atoms with Gasteiger partial charge in [0.05, 0.1) is 0 Å². The van der Waals surface area contributed by atoms with E-state index >= 15 is 0 Å². The molecule has 1 rings (SSSR count). The molecule has 0 heterocycles. The number of anilines is 1. The first-order valence-electron chi connectivity index (χ1n) is 8.41. The zero-order chi connectivity index (χ0) is 15.7. The van der Waals surface area contributed by atoms with Crippen LogP contribution in [0, 0.1) is 0 Å². The molecule has 0 spiro atoms. The Hall–Kier alpha value is -0.540. The Labute approximate surface area is 139 Å². The smallest absolute Gasteiger partial charge is 0.0377 e. The van der Waals surface area contributed by atoms with Crippen LogP contribution >= 0.6 is 15.9 Å². The van der Waals surface area contributed by atoms with Crippen LogP contribution in [0.4, 0.5) is 5.69 Å². The quantitative estimate of drug-likeness (QED) is 0.594. The van der Waals surface area contributed by atoms with Crippen molar-refractivity contribution in [2.45, 2.75) is 59.4 Å². The summed E-state index contributed by atoms with van der Waals surface area (Å²) in [4.78, 5) is 2.53. The van der Waals surface area contributed by atoms with Crippen LogP contribution in [-0.4, -0.2) is 19.6 Å². The van der Waals surface area contributed by atoms with Crippen LogP contribution in [0.3, 0.4) is 0 Å². The Morgan fingerprint density at radius 2 is 1.71 bits per heavy atom. The highest BCUT2D eigenvalue weighted by Gasteiger charge is 2.11. The second kappa shape index (κ2) is 10.2. The maximum atomic E-state index is 3.76. The Balaban J connectivity index is 2.86. The van der Waals surface area contributed by atoms with Crippen LogP contribution in [0.5, 0.6) is 0 Å². The number of unbranched alkanes of at least 4 members (excludes halogenated alkanes) is 2. The zero-order valence-electron chi connectivity index (χ0n) is 14.1. The normalized spacial score (nSPS) is 12.4. The van der Waals surface area contributed by atoms with Gasteiger partial charge in [0.25, 0.3) is 0 Å². The van der Waals surface area contributed by atoms with Gasteiger partial charge in [-0.15, -0.1) is 0 Å². The summed E-state index contributed by atoms with van der Waals surface area (Å²) < 4.78 is 1.21. The SMILES string of the molecule is CCCCN(CCCC)c1ccc(C(C)NCC)c(Br)c1. The third kappa shape index (κ3) is 5.99. The average molecular weight is 355 g/mol. The molecule has 3 heteroatoms. The second-order valence-electron chi connectivity index (χ2n) is 5.68. The molecule has 1 atom stereocenters. The first-order chi connectivity index (χ1) is 10.1. The number of hydrogen-bond donors (Lipinski definition) is 1. The fourth-order valence-corrected chi connectivity index (χ4v) is 3.26. The maximum absolute atomic E-state index is 3.76. The Morgan fingerprint density at radius 1 is 1.10 bits per heavy atom. The minimum Gasteiger partial charge on any atom is -0.372 e. The van der Waals surface area contributed by atoms with Crippen LogP contribution in [0.1, 0.15) is 65.0 Å². The molecule has 0 radical (unpaired) electrons. The molecule has 1 N–H and O–H groups in total. The molecule has 1 aromatic rings. The predicted molar refractivity (Wildman–Crippen MR) is 98.3 cm³/mol. The standard InChI is InChI=1S/C18H31BrN2/c1-5-8-12-21(13-9-6-2)16-10-11-17(18(19)14-16)15(4)20-7-3/h10-11,14-15,20H,5-9,12-13H2,1-4H3. The van der Waals surface area contributed by atoms with E-state index in [4.69, 9.17) is 0 Å². The van der Waals surface area contributed by atoms with Crippen molar-refractivity contribution in [3.8, 4) is 0 Å². The van der Waals surface area contributed by atoms with Crippen molar-refractivity contribution in [2.75, 3.05) is 24.5 Å². The highest BCUT2D eigenvalue weighted by Crippen LogP contribution is 2.28. The van der Waals surface area contributed by atoms with Gasteiger partial charge in [-0.3, -0.25) is 0 Å². The summed E-state index contributed by atoms with van der Waals surface area (Å²) in [6.45, 7) is 12.2. The summed E-state index contributed by atoms with van der Waals surface area (Å²) >= 11 is 3.76. The largest absolute Gasteiger partial charge is 0.372 e. The van der Waals surface area contributed by atoms with Crippen molar-refractivity contribution < 1.29 is 0 Å². The van der Waals surface area contributed by atoms with Gasteiger partial charge in [0.2, 0.25) is 0 Å². The van der Waals surface area contributed by atoms with Crippen molar-refractivity contribution in [2.24, 2.45) is 0 Å². The van der Waals surface area contributed by atoms with E-state index in [0.717, 1.165) is 19.6 Å². The number of hydrogen-bond acceptors (Lipinski definition) is 2. The summed E-state index contributed by atoms with van der Waals surface area (Å²) in [6.07, 6.45) is 5.02. The summed E-state index contributed by atoms with van der Waals surface area (Å²) in [5, 5.41) is 3.48. The van der Waals surface area contributed by atoms with Gasteiger partial charge >= 0.3 is 0 Å². The van der Waals surface area contributed by atoms with Crippen molar-refractivity contribution in [1.82, 2.24) is 5.32 Å². The third-order valence-electron chi connectivity index (χ3n) is 3.89. The molecule has 0 fully saturated rings. The van der Waals surface area contributed by atoms with Gasteiger partial charge in [-0.25, -0.2) is 0 Å². The van der Waals surface area contributed by atoms with Gasteiger partial charge in [-0.1, -0.05) is 55.6 Å². The molecule has 21 heavy (non-hydrogen) atoms. The topological polar surface area (TPSA) is 15.3 Å². The summed E-state index contributed by atoms with van der Waals surface area (Å²) in [6, 6.07) is 7.21. The van der Waals surface area contributed by atoms with Gasteiger partial charge in [-0.05, 0) is 44.0 Å². The lowest BCUT2D eigenvalue weighted by Crippen LogP contribution is -2.26. The number of nitrogens with zero attached hydrogens (tertiary/aromatic N) is 1. The van der Waals surface area contributed by atoms with Crippen LogP contribution < -0.4 is 10.2 Å². The van der Waals surface area contributed by atoms with Gasteiger partial charge in [0.15, 0.2) is 0 Å². The van der Waals surface area contributed by atoms with Crippen molar-refractivity contribution >= 4 is 21.6 Å². The number of nitrogens with one attached hydrogen (secondary N) is 1. The Morgan fingerprint density at radius 3 is 2.19 bits per heavy atom. The van der Waals surface area contributed by atoms with E-state index in [9.17, 15) is 0 Å². The number of halogens is 1. The lowest BCUT2D eigenvalue weighted by molar-refractivity contribution is 0.596. The molecule has 0 saturated carbocycles. The molecule has 1 unspecified atom stereocenters. The summed E-state index contributed by atoms with van der Waals surface area (Å²) in [5.41, 5.74) is 2.68. The van der Waals surface area contributed by atoms with E-state index < -0.39 is 0 Å². The molecular weight excluding hydrogens is 324 g/mol. The molecule has 0 aromatic heterocycles.